The third-order valence-corrected chi connectivity index (χ3v) is 3.11. The molecule has 0 bridgehead atoms. The number of hydrogen-bond donors (Lipinski definition) is 1. The SMILES string of the molecule is CC1(COc2ccc(C(=O)O)cn2)CCC1. The molecule has 1 aliphatic rings. The second kappa shape index (κ2) is 4.12. The van der Waals surface area contributed by atoms with E-state index in [1.54, 1.807) is 6.07 Å². The van der Waals surface area contributed by atoms with Gasteiger partial charge in [0.25, 0.3) is 0 Å². The molecule has 0 atom stereocenters. The summed E-state index contributed by atoms with van der Waals surface area (Å²) in [5.41, 5.74) is 0.467. The fourth-order valence-corrected chi connectivity index (χ4v) is 1.77. The molecule has 86 valence electrons. The van der Waals surface area contributed by atoms with E-state index in [9.17, 15) is 4.79 Å². The molecule has 4 nitrogen and oxygen atoms in total. The molecule has 0 aromatic carbocycles. The van der Waals surface area contributed by atoms with Crippen molar-refractivity contribution >= 4 is 5.97 Å². The van der Waals surface area contributed by atoms with Crippen LogP contribution in [0.2, 0.25) is 0 Å². The lowest BCUT2D eigenvalue weighted by molar-refractivity contribution is 0.0693. The van der Waals surface area contributed by atoms with Gasteiger partial charge in [-0.3, -0.25) is 0 Å². The van der Waals surface area contributed by atoms with Gasteiger partial charge in [-0.25, -0.2) is 9.78 Å². The van der Waals surface area contributed by atoms with Gasteiger partial charge in [0.1, 0.15) is 0 Å². The first-order chi connectivity index (χ1) is 7.59. The van der Waals surface area contributed by atoms with E-state index < -0.39 is 5.97 Å². The molecule has 1 fully saturated rings. The number of nitrogens with zero attached hydrogens (tertiary/aromatic N) is 1. The maximum atomic E-state index is 10.6. The molecule has 0 unspecified atom stereocenters. The fourth-order valence-electron chi connectivity index (χ4n) is 1.77. The van der Waals surface area contributed by atoms with Gasteiger partial charge >= 0.3 is 5.97 Å². The molecule has 0 amide bonds. The van der Waals surface area contributed by atoms with Gasteiger partial charge in [-0.05, 0) is 18.9 Å². The first-order valence-electron chi connectivity index (χ1n) is 5.41. The van der Waals surface area contributed by atoms with E-state index in [1.165, 1.54) is 31.5 Å². The number of aromatic nitrogens is 1. The molecule has 2 rings (SSSR count). The summed E-state index contributed by atoms with van der Waals surface area (Å²) >= 11 is 0. The smallest absolute Gasteiger partial charge is 0.337 e. The van der Waals surface area contributed by atoms with Gasteiger partial charge in [-0.15, -0.1) is 0 Å². The zero-order valence-electron chi connectivity index (χ0n) is 9.27. The predicted octanol–water partition coefficient (Wildman–Crippen LogP) is 2.35. The Morgan fingerprint density at radius 2 is 2.31 bits per heavy atom. The van der Waals surface area contributed by atoms with Crippen molar-refractivity contribution in [3.63, 3.8) is 0 Å². The second-order valence-corrected chi connectivity index (χ2v) is 4.64. The minimum absolute atomic E-state index is 0.183. The predicted molar refractivity (Wildman–Crippen MR) is 58.6 cm³/mol. The molecule has 4 heteroatoms. The Hall–Kier alpha value is -1.58. The Bertz CT molecular complexity index is 382. The Labute approximate surface area is 94.3 Å². The standard InChI is InChI=1S/C12H15NO3/c1-12(5-2-6-12)8-16-10-4-3-9(7-13-10)11(14)15/h3-4,7H,2,5-6,8H2,1H3,(H,14,15). The van der Waals surface area contributed by atoms with Crippen molar-refractivity contribution in [1.29, 1.82) is 0 Å². The van der Waals surface area contributed by atoms with Gasteiger partial charge in [0, 0.05) is 17.7 Å². The van der Waals surface area contributed by atoms with Gasteiger partial charge in [0.05, 0.1) is 12.2 Å². The van der Waals surface area contributed by atoms with Crippen LogP contribution in [-0.4, -0.2) is 22.7 Å². The van der Waals surface area contributed by atoms with E-state index in [1.807, 2.05) is 0 Å². The third kappa shape index (κ3) is 2.32. The molecule has 1 aromatic rings. The maximum absolute atomic E-state index is 10.6. The largest absolute Gasteiger partial charge is 0.478 e. The molecule has 1 saturated carbocycles. The summed E-state index contributed by atoms with van der Waals surface area (Å²) in [6, 6.07) is 3.11. The molecular weight excluding hydrogens is 206 g/mol. The lowest BCUT2D eigenvalue weighted by atomic mass is 9.71. The number of pyridine rings is 1. The lowest BCUT2D eigenvalue weighted by Crippen LogP contribution is -2.32. The van der Waals surface area contributed by atoms with Crippen LogP contribution < -0.4 is 4.74 Å². The zero-order valence-corrected chi connectivity index (χ0v) is 9.27. The number of hydrogen-bond acceptors (Lipinski definition) is 3. The van der Waals surface area contributed by atoms with Gasteiger partial charge in [0.15, 0.2) is 0 Å². The van der Waals surface area contributed by atoms with Crippen LogP contribution in [0.4, 0.5) is 0 Å². The van der Waals surface area contributed by atoms with Crippen LogP contribution in [-0.2, 0) is 0 Å². The van der Waals surface area contributed by atoms with Crippen LogP contribution in [0.25, 0.3) is 0 Å². The first-order valence-corrected chi connectivity index (χ1v) is 5.41. The molecular formula is C12H15NO3. The highest BCUT2D eigenvalue weighted by atomic mass is 16.5. The minimum Gasteiger partial charge on any atom is -0.478 e. The van der Waals surface area contributed by atoms with Crippen molar-refractivity contribution in [2.75, 3.05) is 6.61 Å². The zero-order chi connectivity index (χ0) is 11.6. The van der Waals surface area contributed by atoms with Crippen molar-refractivity contribution in [2.45, 2.75) is 26.2 Å². The average molecular weight is 221 g/mol. The molecule has 0 radical (unpaired) electrons. The van der Waals surface area contributed by atoms with E-state index in [-0.39, 0.29) is 11.0 Å². The highest BCUT2D eigenvalue weighted by molar-refractivity contribution is 5.87. The fraction of sp³-hybridized carbons (Fsp3) is 0.500. The molecule has 1 aromatic heterocycles. The third-order valence-electron chi connectivity index (χ3n) is 3.11. The van der Waals surface area contributed by atoms with E-state index in [4.69, 9.17) is 9.84 Å². The van der Waals surface area contributed by atoms with E-state index in [0.717, 1.165) is 0 Å². The minimum atomic E-state index is -0.968. The van der Waals surface area contributed by atoms with Gasteiger partial charge in [0.2, 0.25) is 5.88 Å². The van der Waals surface area contributed by atoms with Crippen molar-refractivity contribution in [1.82, 2.24) is 4.98 Å². The van der Waals surface area contributed by atoms with E-state index in [0.29, 0.717) is 12.5 Å². The molecule has 16 heavy (non-hydrogen) atoms. The summed E-state index contributed by atoms with van der Waals surface area (Å²) in [5.74, 6) is -0.469. The molecule has 1 heterocycles. The Balaban J connectivity index is 1.92. The Morgan fingerprint density at radius 1 is 1.56 bits per heavy atom. The number of rotatable bonds is 4. The normalized spacial score (nSPS) is 17.6. The Morgan fingerprint density at radius 3 is 2.75 bits per heavy atom. The van der Waals surface area contributed by atoms with Crippen molar-refractivity contribution < 1.29 is 14.6 Å². The number of carbonyl (C=O) groups is 1. The van der Waals surface area contributed by atoms with Crippen molar-refractivity contribution in [2.24, 2.45) is 5.41 Å². The molecule has 0 saturated heterocycles. The summed E-state index contributed by atoms with van der Waals surface area (Å²) in [6.45, 7) is 2.86. The van der Waals surface area contributed by atoms with Crippen molar-refractivity contribution in [3.05, 3.63) is 23.9 Å². The van der Waals surface area contributed by atoms with Gasteiger partial charge in [-0.1, -0.05) is 13.3 Å². The number of aromatic carboxylic acids is 1. The maximum Gasteiger partial charge on any atom is 0.337 e. The highest BCUT2D eigenvalue weighted by Crippen LogP contribution is 2.40. The molecule has 1 N–H and O–H groups in total. The summed E-state index contributed by atoms with van der Waals surface area (Å²) in [5, 5.41) is 8.70. The van der Waals surface area contributed by atoms with E-state index in [2.05, 4.69) is 11.9 Å². The number of ether oxygens (including phenoxy) is 1. The summed E-state index contributed by atoms with van der Waals surface area (Å²) < 4.78 is 5.54. The van der Waals surface area contributed by atoms with Crippen LogP contribution >= 0.6 is 0 Å². The molecule has 1 aliphatic carbocycles. The molecule has 0 spiro atoms. The topological polar surface area (TPSA) is 59.4 Å². The number of carboxylic acid groups (broad SMARTS) is 1. The van der Waals surface area contributed by atoms with Crippen LogP contribution in [0.5, 0.6) is 5.88 Å². The lowest BCUT2D eigenvalue weighted by Gasteiger charge is -2.37. The molecule has 0 aliphatic heterocycles. The summed E-state index contributed by atoms with van der Waals surface area (Å²) in [4.78, 5) is 14.6. The summed E-state index contributed by atoms with van der Waals surface area (Å²) in [7, 11) is 0. The first kappa shape index (κ1) is 10.9. The van der Waals surface area contributed by atoms with E-state index >= 15 is 0 Å². The number of carboxylic acids is 1. The van der Waals surface area contributed by atoms with Crippen LogP contribution in [0.15, 0.2) is 18.3 Å². The summed E-state index contributed by atoms with van der Waals surface area (Å²) in [6.07, 6.45) is 4.98. The monoisotopic (exact) mass is 221 g/mol. The average Bonchev–Trinajstić information content (AvgIpc) is 2.24. The van der Waals surface area contributed by atoms with Gasteiger partial charge in [-0.2, -0.15) is 0 Å². The Kier molecular flexibility index (Phi) is 2.81. The van der Waals surface area contributed by atoms with Crippen LogP contribution in [0.3, 0.4) is 0 Å². The van der Waals surface area contributed by atoms with Crippen molar-refractivity contribution in [3.8, 4) is 5.88 Å². The van der Waals surface area contributed by atoms with Crippen LogP contribution in [0.1, 0.15) is 36.5 Å². The van der Waals surface area contributed by atoms with Gasteiger partial charge < -0.3 is 9.84 Å². The second-order valence-electron chi connectivity index (χ2n) is 4.64. The highest BCUT2D eigenvalue weighted by Gasteiger charge is 2.32. The van der Waals surface area contributed by atoms with Crippen LogP contribution in [0, 0.1) is 5.41 Å². The quantitative estimate of drug-likeness (QED) is 0.847.